The minimum Gasteiger partial charge on any atom is -0.496 e. The Morgan fingerprint density at radius 3 is 2.43 bits per heavy atom. The number of likely N-dealkylation sites (tertiary alicyclic amines) is 1. The minimum atomic E-state index is -1.35. The molecule has 144 valence electrons. The largest absolute Gasteiger partial charge is 0.496 e. The van der Waals surface area contributed by atoms with E-state index in [4.69, 9.17) is 4.74 Å². The highest BCUT2D eigenvalue weighted by Crippen LogP contribution is 2.28. The Balaban J connectivity index is 1.88. The number of carbonyl (C=O) groups excluding carboxylic acids is 2. The number of hydrogen-bond donors (Lipinski definition) is 1. The van der Waals surface area contributed by atoms with Crippen molar-refractivity contribution >= 4 is 17.5 Å². The van der Waals surface area contributed by atoms with E-state index in [1.165, 1.54) is 7.11 Å². The van der Waals surface area contributed by atoms with Crippen molar-refractivity contribution in [1.82, 2.24) is 4.90 Å². The van der Waals surface area contributed by atoms with Crippen molar-refractivity contribution < 1.29 is 14.3 Å². The Morgan fingerprint density at radius 1 is 1.14 bits per heavy atom. The first-order chi connectivity index (χ1) is 13.5. The lowest BCUT2D eigenvalue weighted by atomic mass is 9.83. The lowest BCUT2D eigenvalue weighted by Crippen LogP contribution is -2.36. The Bertz CT molecular complexity index is 914. The predicted molar refractivity (Wildman–Crippen MR) is 106 cm³/mol. The number of nitriles is 1. The van der Waals surface area contributed by atoms with Crippen molar-refractivity contribution in [1.29, 1.82) is 5.26 Å². The summed E-state index contributed by atoms with van der Waals surface area (Å²) in [5.41, 5.74) is 0.114. The molecule has 2 aromatic rings. The third kappa shape index (κ3) is 3.70. The highest BCUT2D eigenvalue weighted by molar-refractivity contribution is 6.03. The maximum atomic E-state index is 12.9. The number of ether oxygens (including phenoxy) is 1. The summed E-state index contributed by atoms with van der Waals surface area (Å²) in [6.07, 6.45) is 1.98. The van der Waals surface area contributed by atoms with Gasteiger partial charge in [-0.3, -0.25) is 9.59 Å². The van der Waals surface area contributed by atoms with Crippen LogP contribution in [-0.4, -0.2) is 36.9 Å². The first-order valence-electron chi connectivity index (χ1n) is 9.25. The number of hydrogen-bond acceptors (Lipinski definition) is 4. The molecule has 0 radical (unpaired) electrons. The third-order valence-corrected chi connectivity index (χ3v) is 5.11. The van der Waals surface area contributed by atoms with Gasteiger partial charge in [0.25, 0.3) is 5.91 Å². The summed E-state index contributed by atoms with van der Waals surface area (Å²) >= 11 is 0. The van der Waals surface area contributed by atoms with E-state index in [2.05, 4.69) is 11.4 Å². The summed E-state index contributed by atoms with van der Waals surface area (Å²) in [7, 11) is 1.51. The maximum absolute atomic E-state index is 12.9. The van der Waals surface area contributed by atoms with Crippen LogP contribution >= 0.6 is 0 Å². The number of nitrogens with one attached hydrogen (secondary N) is 1. The third-order valence-electron chi connectivity index (χ3n) is 5.11. The first kappa shape index (κ1) is 19.4. The number of methoxy groups -OCH3 is 1. The lowest BCUT2D eigenvalue weighted by molar-refractivity contribution is -0.119. The van der Waals surface area contributed by atoms with Crippen molar-refractivity contribution in [2.45, 2.75) is 25.2 Å². The quantitative estimate of drug-likeness (QED) is 0.866. The zero-order valence-corrected chi connectivity index (χ0v) is 16.1. The SMILES string of the molecule is COc1ccc(NC(=O)C(C)(C#N)c2ccccc2)cc1C(=O)N1CCCC1. The summed E-state index contributed by atoms with van der Waals surface area (Å²) < 4.78 is 5.33. The molecule has 1 aliphatic heterocycles. The van der Waals surface area contributed by atoms with Gasteiger partial charge in [-0.05, 0) is 43.5 Å². The van der Waals surface area contributed by atoms with Crippen molar-refractivity contribution in [3.05, 3.63) is 59.7 Å². The van der Waals surface area contributed by atoms with Gasteiger partial charge in [0.05, 0.1) is 18.7 Å². The average Bonchev–Trinajstić information content (AvgIpc) is 3.28. The maximum Gasteiger partial charge on any atom is 0.257 e. The van der Waals surface area contributed by atoms with Crippen LogP contribution in [0.25, 0.3) is 0 Å². The van der Waals surface area contributed by atoms with Gasteiger partial charge >= 0.3 is 0 Å². The molecule has 1 unspecified atom stereocenters. The zero-order valence-electron chi connectivity index (χ0n) is 16.1. The van der Waals surface area contributed by atoms with Crippen molar-refractivity contribution in [3.8, 4) is 11.8 Å². The second-order valence-electron chi connectivity index (χ2n) is 6.97. The molecule has 0 spiro atoms. The standard InChI is InChI=1S/C22H23N3O3/c1-22(15-23,16-8-4-3-5-9-16)21(27)24-17-10-11-19(28-2)18(14-17)20(26)25-12-6-7-13-25/h3-5,8-11,14H,6-7,12-13H2,1-2H3,(H,24,27). The lowest BCUT2D eigenvalue weighted by Gasteiger charge is -2.22. The molecular formula is C22H23N3O3. The van der Waals surface area contributed by atoms with E-state index in [0.717, 1.165) is 25.9 Å². The summed E-state index contributed by atoms with van der Waals surface area (Å²) in [5.74, 6) is -0.108. The minimum absolute atomic E-state index is 0.114. The molecule has 3 rings (SSSR count). The van der Waals surface area contributed by atoms with Gasteiger partial charge < -0.3 is 15.0 Å². The number of benzene rings is 2. The number of anilines is 1. The molecule has 6 heteroatoms. The summed E-state index contributed by atoms with van der Waals surface area (Å²) in [6.45, 7) is 3.02. The molecule has 2 amide bonds. The molecule has 1 N–H and O–H groups in total. The second kappa shape index (κ2) is 8.13. The van der Waals surface area contributed by atoms with Gasteiger partial charge in [-0.1, -0.05) is 30.3 Å². The van der Waals surface area contributed by atoms with E-state index < -0.39 is 11.3 Å². The average molecular weight is 377 g/mol. The second-order valence-corrected chi connectivity index (χ2v) is 6.97. The van der Waals surface area contributed by atoms with Crippen LogP contribution < -0.4 is 10.1 Å². The van der Waals surface area contributed by atoms with Crippen LogP contribution in [0.15, 0.2) is 48.5 Å². The van der Waals surface area contributed by atoms with E-state index in [1.807, 2.05) is 6.07 Å². The molecule has 1 atom stereocenters. The van der Waals surface area contributed by atoms with Gasteiger partial charge in [-0.25, -0.2) is 0 Å². The van der Waals surface area contributed by atoms with Crippen molar-refractivity contribution in [2.24, 2.45) is 0 Å². The van der Waals surface area contributed by atoms with Crippen LogP contribution in [0.3, 0.4) is 0 Å². The molecule has 28 heavy (non-hydrogen) atoms. The number of rotatable bonds is 5. The van der Waals surface area contributed by atoms with Gasteiger partial charge in [-0.2, -0.15) is 5.26 Å². The first-order valence-corrected chi connectivity index (χ1v) is 9.25. The van der Waals surface area contributed by atoms with Crippen LogP contribution in [-0.2, 0) is 10.2 Å². The van der Waals surface area contributed by atoms with E-state index in [0.29, 0.717) is 22.6 Å². The predicted octanol–water partition coefficient (Wildman–Crippen LogP) is 3.35. The van der Waals surface area contributed by atoms with Crippen LogP contribution in [0.2, 0.25) is 0 Å². The molecule has 0 aromatic heterocycles. The van der Waals surface area contributed by atoms with Crippen LogP contribution in [0.1, 0.15) is 35.7 Å². The number of nitrogens with zero attached hydrogens (tertiary/aromatic N) is 2. The van der Waals surface area contributed by atoms with E-state index in [9.17, 15) is 14.9 Å². The van der Waals surface area contributed by atoms with Crippen LogP contribution in [0.5, 0.6) is 5.75 Å². The van der Waals surface area contributed by atoms with Gasteiger partial charge in [0.2, 0.25) is 5.91 Å². The highest BCUT2D eigenvalue weighted by Gasteiger charge is 2.35. The summed E-state index contributed by atoms with van der Waals surface area (Å²) in [4.78, 5) is 27.5. The monoisotopic (exact) mass is 377 g/mol. The van der Waals surface area contributed by atoms with Crippen molar-refractivity contribution in [2.75, 3.05) is 25.5 Å². The van der Waals surface area contributed by atoms with Crippen molar-refractivity contribution in [3.63, 3.8) is 0 Å². The molecule has 0 bridgehead atoms. The van der Waals surface area contributed by atoms with E-state index >= 15 is 0 Å². The fourth-order valence-corrected chi connectivity index (χ4v) is 3.32. The topological polar surface area (TPSA) is 82.4 Å². The molecular weight excluding hydrogens is 354 g/mol. The van der Waals surface area contributed by atoms with E-state index in [-0.39, 0.29) is 5.91 Å². The molecule has 1 saturated heterocycles. The Hall–Kier alpha value is -3.33. The fraction of sp³-hybridized carbons (Fsp3) is 0.318. The molecule has 0 aliphatic carbocycles. The van der Waals surface area contributed by atoms with E-state index in [1.54, 1.807) is 54.3 Å². The normalized spacial score (nSPS) is 15.4. The highest BCUT2D eigenvalue weighted by atomic mass is 16.5. The van der Waals surface area contributed by atoms with Gasteiger partial charge in [0.15, 0.2) is 5.41 Å². The summed E-state index contributed by atoms with van der Waals surface area (Å²) in [6, 6.07) is 16.0. The van der Waals surface area contributed by atoms with Gasteiger partial charge in [0, 0.05) is 18.8 Å². The van der Waals surface area contributed by atoms with Gasteiger partial charge in [-0.15, -0.1) is 0 Å². The smallest absolute Gasteiger partial charge is 0.257 e. The molecule has 2 aromatic carbocycles. The molecule has 1 aliphatic rings. The molecule has 6 nitrogen and oxygen atoms in total. The number of carbonyl (C=O) groups is 2. The van der Waals surface area contributed by atoms with Crippen LogP contribution in [0, 0.1) is 11.3 Å². The Labute approximate surface area is 164 Å². The van der Waals surface area contributed by atoms with Crippen LogP contribution in [0.4, 0.5) is 5.69 Å². The fourth-order valence-electron chi connectivity index (χ4n) is 3.32. The summed E-state index contributed by atoms with van der Waals surface area (Å²) in [5, 5.41) is 12.4. The zero-order chi connectivity index (χ0) is 20.1. The number of amides is 2. The molecule has 1 heterocycles. The molecule has 1 fully saturated rings. The molecule has 0 saturated carbocycles. The Morgan fingerprint density at radius 2 is 1.82 bits per heavy atom. The van der Waals surface area contributed by atoms with Gasteiger partial charge in [0.1, 0.15) is 5.75 Å². The Kier molecular flexibility index (Phi) is 5.65.